The average molecular weight is 344 g/mol. The Morgan fingerprint density at radius 3 is 2.68 bits per heavy atom. The van der Waals surface area contributed by atoms with Crippen molar-refractivity contribution in [1.82, 2.24) is 0 Å². The molecule has 0 amide bonds. The number of carbonyl (C=O) groups excluding carboxylic acids is 1. The Hall–Kier alpha value is -2.46. The molecule has 0 aromatic heterocycles. The van der Waals surface area contributed by atoms with Crippen molar-refractivity contribution in [2.45, 2.75) is 16.4 Å². The Labute approximate surface area is 150 Å². The summed E-state index contributed by atoms with van der Waals surface area (Å²) in [6.45, 7) is 0.576. The van der Waals surface area contributed by atoms with Gasteiger partial charge in [0.2, 0.25) is 0 Å². The predicted octanol–water partition coefficient (Wildman–Crippen LogP) is 5.12. The molecule has 3 aromatic carbocycles. The zero-order valence-corrected chi connectivity index (χ0v) is 14.4. The van der Waals surface area contributed by atoms with E-state index in [1.807, 2.05) is 36.4 Å². The highest BCUT2D eigenvalue weighted by Crippen LogP contribution is 2.47. The molecule has 25 heavy (non-hydrogen) atoms. The molecule has 2 atom stereocenters. The highest BCUT2D eigenvalue weighted by Gasteiger charge is 2.52. The Kier molecular flexibility index (Phi) is 3.28. The van der Waals surface area contributed by atoms with E-state index >= 15 is 0 Å². The van der Waals surface area contributed by atoms with Crippen LogP contribution in [-0.2, 0) is 0 Å². The maximum Gasteiger partial charge on any atom is 0.194 e. The van der Waals surface area contributed by atoms with Gasteiger partial charge in [-0.1, -0.05) is 60.7 Å². The molecule has 2 aliphatic heterocycles. The highest BCUT2D eigenvalue weighted by atomic mass is 32.2. The molecule has 3 aromatic rings. The summed E-state index contributed by atoms with van der Waals surface area (Å²) in [7, 11) is 0. The summed E-state index contributed by atoms with van der Waals surface area (Å²) in [5, 5.41) is 11.2. The third-order valence-electron chi connectivity index (χ3n) is 5.24. The van der Waals surface area contributed by atoms with Gasteiger partial charge >= 0.3 is 0 Å². The molecule has 0 saturated heterocycles. The smallest absolute Gasteiger partial charge is 0.194 e. The lowest BCUT2D eigenvalue weighted by molar-refractivity contribution is 0.0888. The van der Waals surface area contributed by atoms with Gasteiger partial charge in [-0.25, -0.2) is 0 Å². The van der Waals surface area contributed by atoms with Gasteiger partial charge in [-0.15, -0.1) is 11.8 Å². The number of hydrogen-bond acceptors (Lipinski definition) is 4. The largest absolute Gasteiger partial charge is 0.291 e. The molecule has 0 N–H and O–H groups in total. The van der Waals surface area contributed by atoms with E-state index in [0.717, 1.165) is 16.0 Å². The maximum absolute atomic E-state index is 13.3. The van der Waals surface area contributed by atoms with Crippen LogP contribution in [0, 0.1) is 0 Å². The van der Waals surface area contributed by atoms with Gasteiger partial charge < -0.3 is 0 Å². The molecule has 3 nitrogen and oxygen atoms in total. The van der Waals surface area contributed by atoms with Gasteiger partial charge in [0, 0.05) is 22.1 Å². The Balaban J connectivity index is 1.61. The van der Waals surface area contributed by atoms with E-state index in [1.165, 1.54) is 10.8 Å². The van der Waals surface area contributed by atoms with E-state index < -0.39 is 5.54 Å². The minimum atomic E-state index is -0.762. The van der Waals surface area contributed by atoms with Gasteiger partial charge in [0.05, 0.1) is 6.54 Å². The van der Waals surface area contributed by atoms with Crippen molar-refractivity contribution in [3.63, 3.8) is 0 Å². The molecular formula is C21H16N2OS. The SMILES string of the molecule is O=C1c2ccccc2SCC12N=NCC2c1ccc2ccccc2c1. The lowest BCUT2D eigenvalue weighted by Crippen LogP contribution is -2.46. The molecule has 1 spiro atoms. The van der Waals surface area contributed by atoms with Crippen LogP contribution in [0.1, 0.15) is 21.8 Å². The Morgan fingerprint density at radius 2 is 1.76 bits per heavy atom. The number of ketones is 1. The molecule has 2 aliphatic rings. The second-order valence-corrected chi connectivity index (χ2v) is 7.64. The van der Waals surface area contributed by atoms with Gasteiger partial charge in [0.15, 0.2) is 11.3 Å². The lowest BCUT2D eigenvalue weighted by Gasteiger charge is -2.34. The number of rotatable bonds is 1. The van der Waals surface area contributed by atoms with Gasteiger partial charge in [-0.05, 0) is 22.4 Å². The van der Waals surface area contributed by atoms with Crippen LogP contribution in [-0.4, -0.2) is 23.6 Å². The van der Waals surface area contributed by atoms with E-state index in [0.29, 0.717) is 12.3 Å². The van der Waals surface area contributed by atoms with Crippen LogP contribution >= 0.6 is 11.8 Å². The summed E-state index contributed by atoms with van der Waals surface area (Å²) in [6, 6.07) is 22.6. The molecule has 0 radical (unpaired) electrons. The first-order chi connectivity index (χ1) is 12.3. The topological polar surface area (TPSA) is 41.8 Å². The van der Waals surface area contributed by atoms with E-state index in [1.54, 1.807) is 11.8 Å². The fraction of sp³-hybridized carbons (Fsp3) is 0.190. The van der Waals surface area contributed by atoms with Crippen molar-refractivity contribution in [3.05, 3.63) is 77.9 Å². The van der Waals surface area contributed by atoms with Crippen molar-refractivity contribution >= 4 is 28.3 Å². The Bertz CT molecular complexity index is 1030. The first-order valence-electron chi connectivity index (χ1n) is 8.42. The summed E-state index contributed by atoms with van der Waals surface area (Å²) >= 11 is 1.72. The number of thioether (sulfide) groups is 1. The first-order valence-corrected chi connectivity index (χ1v) is 9.40. The quantitative estimate of drug-likeness (QED) is 0.615. The van der Waals surface area contributed by atoms with Crippen molar-refractivity contribution < 1.29 is 4.79 Å². The van der Waals surface area contributed by atoms with Crippen molar-refractivity contribution in [2.75, 3.05) is 12.3 Å². The van der Waals surface area contributed by atoms with Crippen molar-refractivity contribution in [2.24, 2.45) is 10.2 Å². The van der Waals surface area contributed by atoms with Gasteiger partial charge in [-0.2, -0.15) is 10.2 Å². The molecule has 2 unspecified atom stereocenters. The van der Waals surface area contributed by atoms with E-state index in [9.17, 15) is 4.79 Å². The van der Waals surface area contributed by atoms with E-state index in [2.05, 4.69) is 40.6 Å². The highest BCUT2D eigenvalue weighted by molar-refractivity contribution is 7.99. The van der Waals surface area contributed by atoms with Crippen LogP contribution in [0.2, 0.25) is 0 Å². The summed E-state index contributed by atoms with van der Waals surface area (Å²) in [4.78, 5) is 14.4. The molecule has 5 rings (SSSR count). The van der Waals surface area contributed by atoms with Crippen molar-refractivity contribution in [1.29, 1.82) is 0 Å². The van der Waals surface area contributed by atoms with Crippen LogP contribution in [0.25, 0.3) is 10.8 Å². The zero-order valence-electron chi connectivity index (χ0n) is 13.6. The van der Waals surface area contributed by atoms with Gasteiger partial charge in [0.1, 0.15) is 0 Å². The average Bonchev–Trinajstić information content (AvgIpc) is 3.09. The van der Waals surface area contributed by atoms with E-state index in [-0.39, 0.29) is 11.7 Å². The number of carbonyl (C=O) groups is 1. The van der Waals surface area contributed by atoms with E-state index in [4.69, 9.17) is 0 Å². The van der Waals surface area contributed by atoms with Gasteiger partial charge in [0.25, 0.3) is 0 Å². The maximum atomic E-state index is 13.3. The molecule has 0 fully saturated rings. The Morgan fingerprint density at radius 1 is 0.960 bits per heavy atom. The third-order valence-corrected chi connectivity index (χ3v) is 6.49. The number of azo groups is 1. The molecule has 4 heteroatoms. The number of nitrogens with zero attached hydrogens (tertiary/aromatic N) is 2. The molecule has 122 valence electrons. The van der Waals surface area contributed by atoms with Crippen LogP contribution in [0.4, 0.5) is 0 Å². The standard InChI is InChI=1S/C21H16N2OS/c24-20-17-7-3-4-8-19(17)25-13-21(20)18(12-22-23-21)16-10-9-14-5-1-2-6-15(14)11-16/h1-11,18H,12-13H2. The molecule has 0 bridgehead atoms. The molecular weight excluding hydrogens is 328 g/mol. The van der Waals surface area contributed by atoms with Gasteiger partial charge in [-0.3, -0.25) is 4.79 Å². The van der Waals surface area contributed by atoms with Crippen LogP contribution in [0.5, 0.6) is 0 Å². The van der Waals surface area contributed by atoms with Crippen LogP contribution in [0.3, 0.4) is 0 Å². The molecule has 2 heterocycles. The summed E-state index contributed by atoms with van der Waals surface area (Å²) in [5.74, 6) is 0.774. The number of fused-ring (bicyclic) bond motifs is 2. The summed E-state index contributed by atoms with van der Waals surface area (Å²) in [5.41, 5.74) is 1.17. The summed E-state index contributed by atoms with van der Waals surface area (Å²) < 4.78 is 0. The number of benzene rings is 3. The number of Topliss-reactive ketones (excluding diaryl/α,β-unsaturated/α-hetero) is 1. The third kappa shape index (κ3) is 2.17. The van der Waals surface area contributed by atoms with Crippen molar-refractivity contribution in [3.8, 4) is 0 Å². The second-order valence-electron chi connectivity index (χ2n) is 6.62. The molecule has 0 aliphatic carbocycles. The normalized spacial score (nSPS) is 24.8. The first kappa shape index (κ1) is 14.8. The second kappa shape index (κ2) is 5.53. The van der Waals surface area contributed by atoms with Crippen LogP contribution in [0.15, 0.2) is 81.9 Å². The fourth-order valence-electron chi connectivity index (χ4n) is 3.87. The monoisotopic (exact) mass is 344 g/mol. The minimum absolute atomic E-state index is 0.00506. The predicted molar refractivity (Wildman–Crippen MR) is 101 cm³/mol. The fourth-order valence-corrected chi connectivity index (χ4v) is 5.13. The number of hydrogen-bond donors (Lipinski definition) is 0. The minimum Gasteiger partial charge on any atom is -0.291 e. The lowest BCUT2D eigenvalue weighted by atomic mass is 9.76. The zero-order chi connectivity index (χ0) is 16.9. The molecule has 0 saturated carbocycles. The summed E-state index contributed by atoms with van der Waals surface area (Å²) in [6.07, 6.45) is 0. The van der Waals surface area contributed by atoms with Crippen LogP contribution < -0.4 is 0 Å².